The van der Waals surface area contributed by atoms with Gasteiger partial charge in [-0.1, -0.05) is 109 Å². The van der Waals surface area contributed by atoms with E-state index < -0.39 is 17.8 Å². The van der Waals surface area contributed by atoms with Crippen molar-refractivity contribution in [3.05, 3.63) is 143 Å². The Morgan fingerprint density at radius 3 is 2.05 bits per heavy atom. The lowest BCUT2D eigenvalue weighted by molar-refractivity contribution is -0.139. The van der Waals surface area contributed by atoms with Crippen molar-refractivity contribution >= 4 is 17.9 Å². The number of rotatable bonds is 8. The molecule has 2 N–H and O–H groups in total. The zero-order valence-corrected chi connectivity index (χ0v) is 24.3. The second-order valence-corrected chi connectivity index (χ2v) is 11.5. The molecule has 44 heavy (non-hydrogen) atoms. The number of hydrogen-bond acceptors (Lipinski definition) is 4. The maximum atomic E-state index is 14.6. The average molecular weight is 612 g/mol. The molecule has 0 fully saturated rings. The van der Waals surface area contributed by atoms with Crippen LogP contribution >= 0.6 is 11.8 Å². The van der Waals surface area contributed by atoms with Gasteiger partial charge >= 0.3 is 12.3 Å². The molecule has 1 aliphatic rings. The molecular weight excluding hydrogens is 583 g/mol. The normalized spacial score (nSPS) is 12.5. The number of fused-ring (bicyclic) bond motifs is 3. The number of aliphatic hydroxyl groups is 1. The second kappa shape index (κ2) is 12.6. The Balaban J connectivity index is 1.29. The molecule has 1 aliphatic carbocycles. The number of carbonyl (C=O) groups is 1. The van der Waals surface area contributed by atoms with Gasteiger partial charge in [-0.3, -0.25) is 0 Å². The van der Waals surface area contributed by atoms with Crippen molar-refractivity contribution in [2.75, 3.05) is 6.61 Å². The zero-order chi connectivity index (χ0) is 30.7. The summed E-state index contributed by atoms with van der Waals surface area (Å²) in [7, 11) is 0. The van der Waals surface area contributed by atoms with Gasteiger partial charge in [-0.15, -0.1) is 0 Å². The molecule has 4 nitrogen and oxygen atoms in total. The van der Waals surface area contributed by atoms with Gasteiger partial charge in [0.1, 0.15) is 6.61 Å². The lowest BCUT2D eigenvalue weighted by Crippen LogP contribution is -2.26. The molecule has 0 spiro atoms. The summed E-state index contributed by atoms with van der Waals surface area (Å²) in [6.07, 6.45) is -5.39. The summed E-state index contributed by atoms with van der Waals surface area (Å²) in [5.41, 5.74) is 5.29. The number of benzene rings is 5. The number of alkyl halides is 3. The van der Waals surface area contributed by atoms with Gasteiger partial charge in [0.25, 0.3) is 0 Å². The first kappa shape index (κ1) is 29.5. The van der Waals surface area contributed by atoms with Gasteiger partial charge in [-0.25, -0.2) is 4.79 Å². The van der Waals surface area contributed by atoms with Crippen molar-refractivity contribution < 1.29 is 27.8 Å². The van der Waals surface area contributed by atoms with Crippen LogP contribution in [0.4, 0.5) is 18.0 Å². The standard InChI is InChI=1S/C36H28F3NO3S/c37-36(38,39)32-19-25(23-10-2-1-3-11-23)18-26(34(32)44-33-17-9-4-12-24(33)21-41)20-40-35(42)43-22-31-29-15-7-5-13-27(29)28-14-6-8-16-30(28)31/h1-19,31,41H,20-22H2,(H,40,42). The Labute approximate surface area is 257 Å². The maximum Gasteiger partial charge on any atom is 0.417 e. The van der Waals surface area contributed by atoms with Crippen molar-refractivity contribution in [1.82, 2.24) is 5.32 Å². The molecule has 0 aromatic heterocycles. The largest absolute Gasteiger partial charge is 0.449 e. The third-order valence-corrected chi connectivity index (χ3v) is 9.00. The van der Waals surface area contributed by atoms with Crippen LogP contribution in [0.25, 0.3) is 22.3 Å². The summed E-state index contributed by atoms with van der Waals surface area (Å²) in [6, 6.07) is 34.3. The molecule has 0 unspecified atom stereocenters. The number of hydrogen-bond donors (Lipinski definition) is 2. The number of carbonyl (C=O) groups excluding carboxylic acids is 1. The van der Waals surface area contributed by atoms with Gasteiger partial charge in [0.2, 0.25) is 0 Å². The minimum absolute atomic E-state index is 0.0444. The number of amides is 1. The van der Waals surface area contributed by atoms with Crippen LogP contribution in [0.15, 0.2) is 125 Å². The molecule has 0 saturated heterocycles. The Kier molecular flexibility index (Phi) is 8.46. The van der Waals surface area contributed by atoms with Crippen LogP contribution < -0.4 is 5.32 Å². The SMILES string of the molecule is O=C(NCc1cc(-c2ccccc2)cc(C(F)(F)F)c1Sc1ccccc1CO)OCC1c2ccccc2-c2ccccc21. The van der Waals surface area contributed by atoms with E-state index in [0.29, 0.717) is 21.6 Å². The smallest absolute Gasteiger partial charge is 0.417 e. The molecule has 8 heteroatoms. The quantitative estimate of drug-likeness (QED) is 0.184. The first-order valence-corrected chi connectivity index (χ1v) is 14.9. The summed E-state index contributed by atoms with van der Waals surface area (Å²) in [5.74, 6) is -0.146. The highest BCUT2D eigenvalue weighted by Crippen LogP contribution is 2.46. The van der Waals surface area contributed by atoms with E-state index in [1.165, 1.54) is 0 Å². The fraction of sp³-hybridized carbons (Fsp3) is 0.139. The zero-order valence-electron chi connectivity index (χ0n) is 23.5. The monoisotopic (exact) mass is 611 g/mol. The average Bonchev–Trinajstić information content (AvgIpc) is 3.36. The van der Waals surface area contributed by atoms with Crippen LogP contribution in [0, 0.1) is 0 Å². The third kappa shape index (κ3) is 6.09. The highest BCUT2D eigenvalue weighted by Gasteiger charge is 2.36. The van der Waals surface area contributed by atoms with E-state index in [1.807, 2.05) is 48.5 Å². The maximum absolute atomic E-state index is 14.6. The summed E-state index contributed by atoms with van der Waals surface area (Å²) < 4.78 is 49.4. The minimum Gasteiger partial charge on any atom is -0.449 e. The predicted octanol–water partition coefficient (Wildman–Crippen LogP) is 9.05. The van der Waals surface area contributed by atoms with E-state index in [2.05, 4.69) is 5.32 Å². The number of ether oxygens (including phenoxy) is 1. The second-order valence-electron chi connectivity index (χ2n) is 10.4. The van der Waals surface area contributed by atoms with Crippen LogP contribution in [0.1, 0.15) is 33.7 Å². The van der Waals surface area contributed by atoms with Gasteiger partial charge < -0.3 is 15.2 Å². The van der Waals surface area contributed by atoms with Gasteiger partial charge in [0, 0.05) is 22.3 Å². The first-order chi connectivity index (χ1) is 21.3. The molecule has 0 radical (unpaired) electrons. The lowest BCUT2D eigenvalue weighted by atomic mass is 9.98. The lowest BCUT2D eigenvalue weighted by Gasteiger charge is -2.20. The Morgan fingerprint density at radius 1 is 0.773 bits per heavy atom. The molecule has 0 heterocycles. The number of aliphatic hydroxyl groups excluding tert-OH is 1. The Morgan fingerprint density at radius 2 is 1.39 bits per heavy atom. The fourth-order valence-electron chi connectivity index (χ4n) is 5.61. The summed E-state index contributed by atoms with van der Waals surface area (Å²) in [4.78, 5) is 13.5. The van der Waals surface area contributed by atoms with Crippen molar-refractivity contribution in [3.8, 4) is 22.3 Å². The fourth-order valence-corrected chi connectivity index (χ4v) is 6.79. The minimum atomic E-state index is -4.67. The van der Waals surface area contributed by atoms with Gasteiger partial charge in [0.05, 0.1) is 12.2 Å². The van der Waals surface area contributed by atoms with Gasteiger partial charge in [-0.05, 0) is 62.7 Å². The van der Waals surface area contributed by atoms with Crippen molar-refractivity contribution in [2.24, 2.45) is 0 Å². The highest BCUT2D eigenvalue weighted by molar-refractivity contribution is 7.99. The molecule has 0 saturated carbocycles. The van der Waals surface area contributed by atoms with Gasteiger partial charge in [-0.2, -0.15) is 13.2 Å². The Bertz CT molecular complexity index is 1760. The van der Waals surface area contributed by atoms with E-state index in [1.54, 1.807) is 60.7 Å². The van der Waals surface area contributed by atoms with E-state index in [0.717, 1.165) is 40.1 Å². The van der Waals surface area contributed by atoms with Crippen LogP contribution in [-0.2, 0) is 24.1 Å². The van der Waals surface area contributed by atoms with Crippen molar-refractivity contribution in [1.29, 1.82) is 0 Å². The van der Waals surface area contributed by atoms with Gasteiger partial charge in [0.15, 0.2) is 0 Å². The van der Waals surface area contributed by atoms with E-state index in [-0.39, 0.29) is 36.1 Å². The van der Waals surface area contributed by atoms with Crippen molar-refractivity contribution in [2.45, 2.75) is 35.0 Å². The third-order valence-electron chi connectivity index (χ3n) is 7.70. The summed E-state index contributed by atoms with van der Waals surface area (Å²) >= 11 is 0.921. The van der Waals surface area contributed by atoms with E-state index >= 15 is 0 Å². The van der Waals surface area contributed by atoms with Crippen LogP contribution in [0.2, 0.25) is 0 Å². The highest BCUT2D eigenvalue weighted by atomic mass is 32.2. The molecule has 6 rings (SSSR count). The Hall–Kier alpha value is -4.53. The number of alkyl carbamates (subject to hydrolysis) is 1. The molecule has 0 atom stereocenters. The molecule has 0 bridgehead atoms. The summed E-state index contributed by atoms with van der Waals surface area (Å²) in [6.45, 7) is -0.423. The molecule has 222 valence electrons. The number of halogens is 3. The van der Waals surface area contributed by atoms with Crippen molar-refractivity contribution in [3.63, 3.8) is 0 Å². The molecule has 5 aromatic rings. The van der Waals surface area contributed by atoms with E-state index in [9.17, 15) is 23.1 Å². The topological polar surface area (TPSA) is 58.6 Å². The van der Waals surface area contributed by atoms with E-state index in [4.69, 9.17) is 4.74 Å². The van der Waals surface area contributed by atoms with Crippen LogP contribution in [-0.4, -0.2) is 17.8 Å². The molecule has 0 aliphatic heterocycles. The number of nitrogens with one attached hydrogen (secondary N) is 1. The summed E-state index contributed by atoms with van der Waals surface area (Å²) in [5, 5.41) is 12.5. The molecule has 1 amide bonds. The predicted molar refractivity (Wildman–Crippen MR) is 165 cm³/mol. The van der Waals surface area contributed by atoms with Crippen LogP contribution in [0.3, 0.4) is 0 Å². The molecule has 5 aromatic carbocycles. The van der Waals surface area contributed by atoms with Crippen LogP contribution in [0.5, 0.6) is 0 Å². The molecular formula is C36H28F3NO3S. The first-order valence-electron chi connectivity index (χ1n) is 14.1.